The molecular formula is C15H32N2. The van der Waals surface area contributed by atoms with Gasteiger partial charge in [-0.1, -0.05) is 33.6 Å². The Balaban J connectivity index is 2.47. The van der Waals surface area contributed by atoms with Gasteiger partial charge in [0.25, 0.3) is 0 Å². The predicted octanol–water partition coefficient (Wildman–Crippen LogP) is 3.28. The monoisotopic (exact) mass is 240 g/mol. The lowest BCUT2D eigenvalue weighted by Gasteiger charge is -2.40. The molecule has 17 heavy (non-hydrogen) atoms. The number of likely N-dealkylation sites (tertiary alicyclic amines) is 1. The maximum Gasteiger partial charge on any atom is 0.0246 e. The molecule has 3 atom stereocenters. The summed E-state index contributed by atoms with van der Waals surface area (Å²) in [6, 6.07) is 1.41. The number of likely N-dealkylation sites (N-methyl/N-ethyl adjacent to an activating group) is 1. The van der Waals surface area contributed by atoms with Crippen LogP contribution < -0.4 is 5.32 Å². The molecular weight excluding hydrogens is 208 g/mol. The van der Waals surface area contributed by atoms with E-state index in [2.05, 4.69) is 37.9 Å². The molecule has 0 spiro atoms. The molecule has 0 aromatic rings. The SMILES string of the molecule is CCCC(C)CN1CCCCC1C(C)NCC. The summed E-state index contributed by atoms with van der Waals surface area (Å²) in [5, 5.41) is 3.61. The fourth-order valence-corrected chi connectivity index (χ4v) is 3.25. The van der Waals surface area contributed by atoms with Gasteiger partial charge in [-0.2, -0.15) is 0 Å². The zero-order valence-electron chi connectivity index (χ0n) is 12.3. The van der Waals surface area contributed by atoms with Crippen LogP contribution in [-0.2, 0) is 0 Å². The molecule has 0 aliphatic carbocycles. The van der Waals surface area contributed by atoms with Gasteiger partial charge in [-0.15, -0.1) is 0 Å². The fourth-order valence-electron chi connectivity index (χ4n) is 3.25. The van der Waals surface area contributed by atoms with E-state index >= 15 is 0 Å². The molecule has 2 nitrogen and oxygen atoms in total. The molecule has 0 aromatic carbocycles. The summed E-state index contributed by atoms with van der Waals surface area (Å²) in [6.07, 6.45) is 6.89. The number of rotatable bonds is 7. The number of hydrogen-bond donors (Lipinski definition) is 1. The minimum atomic E-state index is 0.647. The first kappa shape index (κ1) is 15.0. The largest absolute Gasteiger partial charge is 0.313 e. The average Bonchev–Trinajstić information content (AvgIpc) is 2.30. The Morgan fingerprint density at radius 1 is 1.24 bits per heavy atom. The Morgan fingerprint density at radius 3 is 2.65 bits per heavy atom. The summed E-state index contributed by atoms with van der Waals surface area (Å²) in [5.41, 5.74) is 0. The van der Waals surface area contributed by atoms with Crippen LogP contribution in [0.15, 0.2) is 0 Å². The van der Waals surface area contributed by atoms with Crippen LogP contribution in [0.3, 0.4) is 0 Å². The minimum absolute atomic E-state index is 0.647. The maximum absolute atomic E-state index is 3.61. The molecule has 0 radical (unpaired) electrons. The van der Waals surface area contributed by atoms with Crippen molar-refractivity contribution < 1.29 is 0 Å². The molecule has 2 heteroatoms. The molecule has 1 rings (SSSR count). The van der Waals surface area contributed by atoms with Gasteiger partial charge in [0.15, 0.2) is 0 Å². The van der Waals surface area contributed by atoms with E-state index in [1.165, 1.54) is 45.2 Å². The van der Waals surface area contributed by atoms with E-state index in [9.17, 15) is 0 Å². The van der Waals surface area contributed by atoms with Gasteiger partial charge < -0.3 is 5.32 Å². The van der Waals surface area contributed by atoms with Crippen molar-refractivity contribution in [1.29, 1.82) is 0 Å². The van der Waals surface area contributed by atoms with E-state index in [-0.39, 0.29) is 0 Å². The zero-order valence-corrected chi connectivity index (χ0v) is 12.3. The average molecular weight is 240 g/mol. The third kappa shape index (κ3) is 4.97. The molecule has 1 aliphatic rings. The number of hydrogen-bond acceptors (Lipinski definition) is 2. The lowest BCUT2D eigenvalue weighted by atomic mass is 9.94. The highest BCUT2D eigenvalue weighted by Gasteiger charge is 2.27. The van der Waals surface area contributed by atoms with Crippen molar-refractivity contribution in [3.63, 3.8) is 0 Å². The van der Waals surface area contributed by atoms with E-state index < -0.39 is 0 Å². The van der Waals surface area contributed by atoms with Crippen molar-refractivity contribution in [2.75, 3.05) is 19.6 Å². The first-order valence-corrected chi connectivity index (χ1v) is 7.66. The Hall–Kier alpha value is -0.0800. The van der Waals surface area contributed by atoms with Crippen molar-refractivity contribution in [2.24, 2.45) is 5.92 Å². The molecule has 1 saturated heterocycles. The van der Waals surface area contributed by atoms with Crippen molar-refractivity contribution >= 4 is 0 Å². The van der Waals surface area contributed by atoms with E-state index in [4.69, 9.17) is 0 Å². The number of nitrogens with one attached hydrogen (secondary N) is 1. The molecule has 1 N–H and O–H groups in total. The van der Waals surface area contributed by atoms with Gasteiger partial charge in [-0.05, 0) is 45.2 Å². The Morgan fingerprint density at radius 2 is 2.00 bits per heavy atom. The van der Waals surface area contributed by atoms with E-state index in [0.29, 0.717) is 6.04 Å². The molecule has 0 amide bonds. The van der Waals surface area contributed by atoms with E-state index in [1.807, 2.05) is 0 Å². The second kappa shape index (κ2) is 8.10. The highest BCUT2D eigenvalue weighted by Crippen LogP contribution is 2.22. The van der Waals surface area contributed by atoms with Crippen LogP contribution in [0.25, 0.3) is 0 Å². The molecule has 1 heterocycles. The Bertz CT molecular complexity index is 193. The third-order valence-electron chi connectivity index (χ3n) is 4.10. The quantitative estimate of drug-likeness (QED) is 0.735. The predicted molar refractivity (Wildman–Crippen MR) is 76.4 cm³/mol. The van der Waals surface area contributed by atoms with Gasteiger partial charge in [0.1, 0.15) is 0 Å². The summed E-state index contributed by atoms with van der Waals surface area (Å²) >= 11 is 0. The van der Waals surface area contributed by atoms with E-state index in [1.54, 1.807) is 0 Å². The summed E-state index contributed by atoms with van der Waals surface area (Å²) in [6.45, 7) is 13.0. The molecule has 1 aliphatic heterocycles. The van der Waals surface area contributed by atoms with Gasteiger partial charge in [0, 0.05) is 18.6 Å². The van der Waals surface area contributed by atoms with Crippen LogP contribution in [0.4, 0.5) is 0 Å². The molecule has 3 unspecified atom stereocenters. The van der Waals surface area contributed by atoms with Gasteiger partial charge in [-0.25, -0.2) is 0 Å². The normalized spacial score (nSPS) is 25.8. The van der Waals surface area contributed by atoms with Gasteiger partial charge in [-0.3, -0.25) is 4.90 Å². The van der Waals surface area contributed by atoms with Crippen molar-refractivity contribution in [2.45, 2.75) is 71.9 Å². The zero-order chi connectivity index (χ0) is 12.7. The first-order valence-electron chi connectivity index (χ1n) is 7.66. The fraction of sp³-hybridized carbons (Fsp3) is 1.00. The van der Waals surface area contributed by atoms with Crippen LogP contribution in [0.2, 0.25) is 0 Å². The topological polar surface area (TPSA) is 15.3 Å². The number of piperidine rings is 1. The third-order valence-corrected chi connectivity index (χ3v) is 4.10. The van der Waals surface area contributed by atoms with Crippen LogP contribution in [0.5, 0.6) is 0 Å². The van der Waals surface area contributed by atoms with Crippen molar-refractivity contribution in [3.8, 4) is 0 Å². The van der Waals surface area contributed by atoms with Crippen LogP contribution in [-0.4, -0.2) is 36.6 Å². The molecule has 0 aromatic heterocycles. The van der Waals surface area contributed by atoms with Gasteiger partial charge in [0.2, 0.25) is 0 Å². The minimum Gasteiger partial charge on any atom is -0.313 e. The highest BCUT2D eigenvalue weighted by atomic mass is 15.2. The van der Waals surface area contributed by atoms with Crippen LogP contribution in [0, 0.1) is 5.92 Å². The second-order valence-corrected chi connectivity index (χ2v) is 5.80. The van der Waals surface area contributed by atoms with Crippen LogP contribution >= 0.6 is 0 Å². The summed E-state index contributed by atoms with van der Waals surface area (Å²) < 4.78 is 0. The molecule has 102 valence electrons. The maximum atomic E-state index is 3.61. The lowest BCUT2D eigenvalue weighted by Crippen LogP contribution is -2.52. The summed E-state index contributed by atoms with van der Waals surface area (Å²) in [7, 11) is 0. The smallest absolute Gasteiger partial charge is 0.0246 e. The molecule has 0 saturated carbocycles. The van der Waals surface area contributed by atoms with Crippen molar-refractivity contribution in [1.82, 2.24) is 10.2 Å². The first-order chi connectivity index (χ1) is 8.19. The second-order valence-electron chi connectivity index (χ2n) is 5.80. The van der Waals surface area contributed by atoms with Gasteiger partial charge in [0.05, 0.1) is 0 Å². The summed E-state index contributed by atoms with van der Waals surface area (Å²) in [4.78, 5) is 2.75. The highest BCUT2D eigenvalue weighted by molar-refractivity contribution is 4.85. The summed E-state index contributed by atoms with van der Waals surface area (Å²) in [5.74, 6) is 0.856. The number of nitrogens with zero attached hydrogens (tertiary/aromatic N) is 1. The van der Waals surface area contributed by atoms with E-state index in [0.717, 1.165) is 18.5 Å². The van der Waals surface area contributed by atoms with Crippen LogP contribution in [0.1, 0.15) is 59.8 Å². The van der Waals surface area contributed by atoms with Gasteiger partial charge >= 0.3 is 0 Å². The lowest BCUT2D eigenvalue weighted by molar-refractivity contribution is 0.102. The molecule has 0 bridgehead atoms. The standard InChI is InChI=1S/C15H32N2/c1-5-9-13(3)12-17-11-8-7-10-15(17)14(4)16-6-2/h13-16H,5-12H2,1-4H3. The Labute approximate surface area is 108 Å². The Kier molecular flexibility index (Phi) is 7.14. The molecule has 1 fully saturated rings. The van der Waals surface area contributed by atoms with Crippen molar-refractivity contribution in [3.05, 3.63) is 0 Å².